The molecule has 1 fully saturated rings. The smallest absolute Gasteiger partial charge is 0.333 e. The van der Waals surface area contributed by atoms with Gasteiger partial charge in [0.2, 0.25) is 0 Å². The molecule has 0 unspecified atom stereocenters. The lowest BCUT2D eigenvalue weighted by Crippen LogP contribution is -2.30. The molecule has 31 heavy (non-hydrogen) atoms. The number of carbonyl (C=O) groups is 2. The fraction of sp³-hybridized carbons (Fsp3) is 0.0833. The Morgan fingerprint density at radius 1 is 0.968 bits per heavy atom. The van der Waals surface area contributed by atoms with Crippen LogP contribution >= 0.6 is 11.6 Å². The van der Waals surface area contributed by atoms with E-state index in [0.29, 0.717) is 34.4 Å². The molecule has 3 aromatic rings. The number of hydrogen-bond donors (Lipinski definition) is 1. The zero-order chi connectivity index (χ0) is 21.8. The van der Waals surface area contributed by atoms with Crippen LogP contribution in [-0.4, -0.2) is 19.0 Å². The number of imide groups is 1. The molecule has 1 aliphatic heterocycles. The molecule has 3 amide bonds. The average molecular weight is 435 g/mol. The van der Waals surface area contributed by atoms with Crippen molar-refractivity contribution in [1.82, 2.24) is 5.32 Å². The summed E-state index contributed by atoms with van der Waals surface area (Å²) in [5, 5.41) is 3.13. The monoisotopic (exact) mass is 434 g/mol. The van der Waals surface area contributed by atoms with Crippen LogP contribution in [0.4, 0.5) is 10.5 Å². The molecule has 0 radical (unpaired) electrons. The summed E-state index contributed by atoms with van der Waals surface area (Å²) in [7, 11) is 1.55. The molecule has 6 nitrogen and oxygen atoms in total. The second kappa shape index (κ2) is 8.93. The Morgan fingerprint density at radius 2 is 1.71 bits per heavy atom. The van der Waals surface area contributed by atoms with Crippen LogP contribution in [0.15, 0.2) is 78.5 Å². The first-order valence-electron chi connectivity index (χ1n) is 9.52. The summed E-state index contributed by atoms with van der Waals surface area (Å²) in [6.07, 6.45) is 1.60. The maximum absolute atomic E-state index is 12.8. The Labute approximate surface area is 184 Å². The zero-order valence-corrected chi connectivity index (χ0v) is 17.4. The number of methoxy groups -OCH3 is 1. The van der Waals surface area contributed by atoms with Crippen molar-refractivity contribution in [3.05, 3.63) is 94.6 Å². The van der Waals surface area contributed by atoms with E-state index in [1.54, 1.807) is 55.7 Å². The highest BCUT2D eigenvalue weighted by Crippen LogP contribution is 2.30. The highest BCUT2D eigenvalue weighted by molar-refractivity contribution is 6.31. The number of nitrogens with zero attached hydrogens (tertiary/aromatic N) is 1. The number of carbonyl (C=O) groups excluding carboxylic acids is 2. The minimum atomic E-state index is -0.520. The van der Waals surface area contributed by atoms with Crippen molar-refractivity contribution in [2.75, 3.05) is 12.0 Å². The van der Waals surface area contributed by atoms with E-state index in [9.17, 15) is 9.59 Å². The van der Waals surface area contributed by atoms with Gasteiger partial charge in [-0.1, -0.05) is 48.0 Å². The molecule has 0 aromatic heterocycles. The quantitative estimate of drug-likeness (QED) is 0.436. The van der Waals surface area contributed by atoms with Gasteiger partial charge in [-0.05, 0) is 53.6 Å². The summed E-state index contributed by atoms with van der Waals surface area (Å²) in [6.45, 7) is 0.405. The number of rotatable bonds is 6. The molecule has 156 valence electrons. The third-order valence-corrected chi connectivity index (χ3v) is 4.95. The first-order chi connectivity index (χ1) is 15.0. The third kappa shape index (κ3) is 4.54. The van der Waals surface area contributed by atoms with E-state index < -0.39 is 11.9 Å². The zero-order valence-electron chi connectivity index (χ0n) is 16.7. The Balaban J connectivity index is 1.53. The van der Waals surface area contributed by atoms with Gasteiger partial charge in [-0.25, -0.2) is 9.69 Å². The molecule has 4 rings (SSSR count). The van der Waals surface area contributed by atoms with Gasteiger partial charge in [-0.3, -0.25) is 4.79 Å². The second-order valence-electron chi connectivity index (χ2n) is 6.79. The van der Waals surface area contributed by atoms with Crippen molar-refractivity contribution in [3.63, 3.8) is 0 Å². The molecule has 7 heteroatoms. The number of hydrogen-bond acceptors (Lipinski definition) is 4. The largest absolute Gasteiger partial charge is 0.493 e. The molecular formula is C24H19ClN2O4. The predicted molar refractivity (Wildman–Crippen MR) is 119 cm³/mol. The van der Waals surface area contributed by atoms with Gasteiger partial charge in [0.1, 0.15) is 12.3 Å². The molecule has 0 aliphatic carbocycles. The molecule has 1 heterocycles. The first-order valence-corrected chi connectivity index (χ1v) is 9.90. The van der Waals surface area contributed by atoms with Crippen LogP contribution in [0.2, 0.25) is 5.02 Å². The van der Waals surface area contributed by atoms with E-state index in [1.165, 1.54) is 0 Å². The van der Waals surface area contributed by atoms with E-state index in [-0.39, 0.29) is 5.70 Å². The van der Waals surface area contributed by atoms with Gasteiger partial charge >= 0.3 is 6.03 Å². The highest BCUT2D eigenvalue weighted by Gasteiger charge is 2.34. The standard InChI is InChI=1S/C24H19ClN2O4/c1-30-22-14-17(7-12-21(22)31-15-16-5-3-2-4-6-16)13-20-23(28)27(24(29)26-20)19-10-8-18(25)9-11-19/h2-14H,15H2,1H3,(H,26,29)/b20-13+. The molecular weight excluding hydrogens is 416 g/mol. The van der Waals surface area contributed by atoms with E-state index in [4.69, 9.17) is 21.1 Å². The summed E-state index contributed by atoms with van der Waals surface area (Å²) in [6, 6.07) is 21.1. The maximum Gasteiger partial charge on any atom is 0.333 e. The van der Waals surface area contributed by atoms with Gasteiger partial charge in [0.05, 0.1) is 12.8 Å². The fourth-order valence-corrected chi connectivity index (χ4v) is 3.28. The Hall–Kier alpha value is -3.77. The van der Waals surface area contributed by atoms with Gasteiger partial charge in [-0.2, -0.15) is 0 Å². The summed E-state index contributed by atoms with van der Waals surface area (Å²) in [5.41, 5.74) is 2.33. The number of benzene rings is 3. The lowest BCUT2D eigenvalue weighted by atomic mass is 10.1. The van der Waals surface area contributed by atoms with Crippen molar-refractivity contribution in [2.24, 2.45) is 0 Å². The van der Waals surface area contributed by atoms with Crippen LogP contribution in [0.1, 0.15) is 11.1 Å². The van der Waals surface area contributed by atoms with Crippen LogP contribution in [0.25, 0.3) is 6.08 Å². The second-order valence-corrected chi connectivity index (χ2v) is 7.23. The van der Waals surface area contributed by atoms with E-state index in [0.717, 1.165) is 10.5 Å². The van der Waals surface area contributed by atoms with E-state index >= 15 is 0 Å². The van der Waals surface area contributed by atoms with Crippen molar-refractivity contribution in [1.29, 1.82) is 0 Å². The third-order valence-electron chi connectivity index (χ3n) is 4.70. The van der Waals surface area contributed by atoms with E-state index in [2.05, 4.69) is 5.32 Å². The topological polar surface area (TPSA) is 67.9 Å². The van der Waals surface area contributed by atoms with Crippen LogP contribution in [0.3, 0.4) is 0 Å². The number of amides is 3. The summed E-state index contributed by atoms with van der Waals surface area (Å²) >= 11 is 5.89. The van der Waals surface area contributed by atoms with Gasteiger partial charge in [-0.15, -0.1) is 0 Å². The van der Waals surface area contributed by atoms with Crippen LogP contribution in [0, 0.1) is 0 Å². The minimum absolute atomic E-state index is 0.167. The molecule has 0 spiro atoms. The number of anilines is 1. The maximum atomic E-state index is 12.8. The molecule has 1 aliphatic rings. The van der Waals surface area contributed by atoms with Crippen molar-refractivity contribution >= 4 is 35.3 Å². The van der Waals surface area contributed by atoms with Gasteiger partial charge in [0, 0.05) is 5.02 Å². The number of halogens is 1. The first kappa shape index (κ1) is 20.5. The lowest BCUT2D eigenvalue weighted by molar-refractivity contribution is -0.113. The normalized spacial score (nSPS) is 14.6. The van der Waals surface area contributed by atoms with Gasteiger partial charge in [0.15, 0.2) is 11.5 Å². The Bertz CT molecular complexity index is 1140. The summed E-state index contributed by atoms with van der Waals surface area (Å²) in [5.74, 6) is 0.658. The predicted octanol–water partition coefficient (Wildman–Crippen LogP) is 5.02. The van der Waals surface area contributed by atoms with Crippen LogP contribution in [0.5, 0.6) is 11.5 Å². The van der Waals surface area contributed by atoms with Crippen molar-refractivity contribution in [2.45, 2.75) is 6.61 Å². The molecule has 3 aromatic carbocycles. The minimum Gasteiger partial charge on any atom is -0.493 e. The van der Waals surface area contributed by atoms with Crippen molar-refractivity contribution < 1.29 is 19.1 Å². The lowest BCUT2D eigenvalue weighted by Gasteiger charge is -2.12. The molecule has 0 bridgehead atoms. The van der Waals surface area contributed by atoms with Crippen LogP contribution in [-0.2, 0) is 11.4 Å². The summed E-state index contributed by atoms with van der Waals surface area (Å²) < 4.78 is 11.3. The fourth-order valence-electron chi connectivity index (χ4n) is 3.15. The number of nitrogens with one attached hydrogen (secondary N) is 1. The van der Waals surface area contributed by atoms with E-state index in [1.807, 2.05) is 30.3 Å². The number of urea groups is 1. The Kier molecular flexibility index (Phi) is 5.91. The van der Waals surface area contributed by atoms with Gasteiger partial charge in [0.25, 0.3) is 5.91 Å². The molecule has 0 atom stereocenters. The average Bonchev–Trinajstić information content (AvgIpc) is 3.07. The molecule has 1 saturated heterocycles. The Morgan fingerprint density at radius 3 is 2.42 bits per heavy atom. The SMILES string of the molecule is COc1cc(/C=C2/NC(=O)N(c3ccc(Cl)cc3)C2=O)ccc1OCc1ccccc1. The van der Waals surface area contributed by atoms with Gasteiger partial charge < -0.3 is 14.8 Å². The molecule has 0 saturated carbocycles. The number of ether oxygens (including phenoxy) is 2. The van der Waals surface area contributed by atoms with Crippen LogP contribution < -0.4 is 19.7 Å². The molecule has 1 N–H and O–H groups in total. The summed E-state index contributed by atoms with van der Waals surface area (Å²) in [4.78, 5) is 26.2. The van der Waals surface area contributed by atoms with Crippen molar-refractivity contribution in [3.8, 4) is 11.5 Å². The highest BCUT2D eigenvalue weighted by atomic mass is 35.5.